The Morgan fingerprint density at radius 1 is 0.365 bits per heavy atom. The maximum atomic E-state index is 13.3. The van der Waals surface area contributed by atoms with Gasteiger partial charge in [0, 0.05) is 12.8 Å². The predicted octanol–water partition coefficient (Wildman–Crippen LogP) is 6.76. The molecule has 0 saturated heterocycles. The van der Waals surface area contributed by atoms with Crippen molar-refractivity contribution in [2.75, 3.05) is 0 Å². The minimum absolute atomic E-state index is 0.0396. The molecule has 0 spiro atoms. The van der Waals surface area contributed by atoms with E-state index in [9.17, 15) is 49.2 Å². The summed E-state index contributed by atoms with van der Waals surface area (Å²) < 4.78 is 11.7. The lowest BCUT2D eigenvalue weighted by Crippen LogP contribution is -2.16. The number of ether oxygens (including phenoxy) is 2. The summed E-state index contributed by atoms with van der Waals surface area (Å²) in [5.41, 5.74) is 2.77. The highest BCUT2D eigenvalue weighted by molar-refractivity contribution is 5.94. The van der Waals surface area contributed by atoms with Gasteiger partial charge in [-0.3, -0.25) is 0 Å². The first-order chi connectivity index (χ1) is 24.9. The standard InChI is InChI=1S/C40H30O12/c41-35(42)27-5-1-23(2-6-27)21-33(25-9-13-29(14-10-25)37(45)46)51-39(49)31-17-19-32(20-18-31)40(50)52-34(26-11-15-30(16-12-26)38(47)48)22-24-3-7-28(8-4-24)36(43)44/h1-20,33-34H,21-22H2,(H,41,42)(H,43,44)(H,45,46)(H,47,48). The van der Waals surface area contributed by atoms with Crippen molar-refractivity contribution in [1.29, 1.82) is 0 Å². The highest BCUT2D eigenvalue weighted by atomic mass is 16.5. The van der Waals surface area contributed by atoms with Crippen molar-refractivity contribution in [3.8, 4) is 0 Å². The van der Waals surface area contributed by atoms with Gasteiger partial charge >= 0.3 is 35.8 Å². The Morgan fingerprint density at radius 2 is 0.596 bits per heavy atom. The van der Waals surface area contributed by atoms with Crippen LogP contribution in [0.1, 0.15) is 96.6 Å². The largest absolute Gasteiger partial charge is 0.478 e. The average molecular weight is 703 g/mol. The van der Waals surface area contributed by atoms with E-state index in [1.54, 1.807) is 24.3 Å². The third kappa shape index (κ3) is 9.12. The minimum atomic E-state index is -1.13. The molecule has 262 valence electrons. The smallest absolute Gasteiger partial charge is 0.338 e. The first kappa shape index (κ1) is 36.2. The van der Waals surface area contributed by atoms with E-state index >= 15 is 0 Å². The van der Waals surface area contributed by atoms with Crippen LogP contribution in [0.5, 0.6) is 0 Å². The summed E-state index contributed by atoms with van der Waals surface area (Å²) in [5.74, 6) is -5.92. The number of aromatic carboxylic acids is 4. The van der Waals surface area contributed by atoms with E-state index in [4.69, 9.17) is 9.47 Å². The summed E-state index contributed by atoms with van der Waals surface area (Å²) in [6.45, 7) is 0. The summed E-state index contributed by atoms with van der Waals surface area (Å²) in [6.07, 6.45) is -1.46. The number of hydrogen-bond acceptors (Lipinski definition) is 8. The minimum Gasteiger partial charge on any atom is -0.478 e. The molecule has 52 heavy (non-hydrogen) atoms. The molecule has 0 bridgehead atoms. The highest BCUT2D eigenvalue weighted by Crippen LogP contribution is 2.27. The van der Waals surface area contributed by atoms with Crippen LogP contribution in [0.4, 0.5) is 0 Å². The molecule has 0 aromatic heterocycles. The van der Waals surface area contributed by atoms with Crippen molar-refractivity contribution in [2.45, 2.75) is 25.0 Å². The Labute approximate surface area is 296 Å². The Morgan fingerprint density at radius 3 is 0.846 bits per heavy atom. The molecule has 2 atom stereocenters. The number of carbonyl (C=O) groups excluding carboxylic acids is 2. The molecule has 0 amide bonds. The molecule has 0 radical (unpaired) electrons. The van der Waals surface area contributed by atoms with E-state index < -0.39 is 48.0 Å². The van der Waals surface area contributed by atoms with Crippen LogP contribution in [0.2, 0.25) is 0 Å². The van der Waals surface area contributed by atoms with E-state index in [1.165, 1.54) is 97.1 Å². The average Bonchev–Trinajstić information content (AvgIpc) is 3.14. The highest BCUT2D eigenvalue weighted by Gasteiger charge is 2.23. The van der Waals surface area contributed by atoms with Crippen molar-refractivity contribution in [3.63, 3.8) is 0 Å². The van der Waals surface area contributed by atoms with Gasteiger partial charge in [-0.1, -0.05) is 48.5 Å². The van der Waals surface area contributed by atoms with Crippen molar-refractivity contribution >= 4 is 35.8 Å². The summed E-state index contributed by atoms with van der Waals surface area (Å²) in [7, 11) is 0. The van der Waals surface area contributed by atoms with E-state index in [0.29, 0.717) is 22.3 Å². The first-order valence-electron chi connectivity index (χ1n) is 15.7. The van der Waals surface area contributed by atoms with Gasteiger partial charge in [0.15, 0.2) is 0 Å². The van der Waals surface area contributed by atoms with Crippen LogP contribution in [0.25, 0.3) is 0 Å². The van der Waals surface area contributed by atoms with Crippen LogP contribution >= 0.6 is 0 Å². The predicted molar refractivity (Wildman–Crippen MR) is 184 cm³/mol. The van der Waals surface area contributed by atoms with Crippen LogP contribution in [0, 0.1) is 0 Å². The number of esters is 2. The van der Waals surface area contributed by atoms with Crippen molar-refractivity contribution in [3.05, 3.63) is 177 Å². The van der Waals surface area contributed by atoms with Gasteiger partial charge < -0.3 is 29.9 Å². The molecule has 0 aliphatic carbocycles. The number of carbonyl (C=O) groups is 6. The number of hydrogen-bond donors (Lipinski definition) is 4. The van der Waals surface area contributed by atoms with E-state index in [0.717, 1.165) is 0 Å². The SMILES string of the molecule is O=C(O)c1ccc(CC(OC(=O)c2ccc(C(=O)OC(Cc3ccc(C(=O)O)cc3)c3ccc(C(=O)O)cc3)cc2)c2ccc(C(=O)O)cc2)cc1. The summed E-state index contributed by atoms with van der Waals surface area (Å²) in [5, 5.41) is 37.1. The van der Waals surface area contributed by atoms with E-state index in [2.05, 4.69) is 0 Å². The molecule has 5 rings (SSSR count). The van der Waals surface area contributed by atoms with Gasteiger partial charge in [-0.2, -0.15) is 0 Å². The second-order valence-electron chi connectivity index (χ2n) is 11.6. The van der Waals surface area contributed by atoms with Gasteiger partial charge in [-0.15, -0.1) is 0 Å². The molecule has 12 nitrogen and oxygen atoms in total. The van der Waals surface area contributed by atoms with Crippen LogP contribution in [0.15, 0.2) is 121 Å². The lowest BCUT2D eigenvalue weighted by Gasteiger charge is -2.20. The number of rotatable bonds is 14. The zero-order valence-electron chi connectivity index (χ0n) is 27.2. The zero-order chi connectivity index (χ0) is 37.4. The van der Waals surface area contributed by atoms with Gasteiger partial charge in [-0.25, -0.2) is 28.8 Å². The summed E-state index contributed by atoms with van der Waals surface area (Å²) >= 11 is 0. The molecular weight excluding hydrogens is 672 g/mol. The van der Waals surface area contributed by atoms with Gasteiger partial charge in [0.1, 0.15) is 12.2 Å². The molecule has 0 aliphatic heterocycles. The quantitative estimate of drug-likeness (QED) is 0.0887. The Balaban J connectivity index is 1.33. The second kappa shape index (κ2) is 16.1. The lowest BCUT2D eigenvalue weighted by molar-refractivity contribution is 0.0282. The van der Waals surface area contributed by atoms with E-state index in [1.807, 2.05) is 0 Å². The maximum Gasteiger partial charge on any atom is 0.338 e. The number of carboxylic acids is 4. The number of benzene rings is 5. The molecule has 5 aromatic rings. The zero-order valence-corrected chi connectivity index (χ0v) is 27.2. The van der Waals surface area contributed by atoms with Crippen LogP contribution < -0.4 is 0 Å². The van der Waals surface area contributed by atoms with Gasteiger partial charge in [0.25, 0.3) is 0 Å². The van der Waals surface area contributed by atoms with Gasteiger partial charge in [0.2, 0.25) is 0 Å². The first-order valence-corrected chi connectivity index (χ1v) is 15.7. The maximum absolute atomic E-state index is 13.3. The van der Waals surface area contributed by atoms with Gasteiger partial charge in [0.05, 0.1) is 33.4 Å². The third-order valence-electron chi connectivity index (χ3n) is 8.16. The molecule has 0 heterocycles. The molecule has 5 aromatic carbocycles. The molecule has 12 heteroatoms. The molecular formula is C40H30O12. The summed E-state index contributed by atoms with van der Waals surface area (Å²) in [6, 6.07) is 29.2. The Bertz CT molecular complexity index is 1950. The van der Waals surface area contributed by atoms with Crippen LogP contribution in [-0.2, 0) is 22.3 Å². The lowest BCUT2D eigenvalue weighted by atomic mass is 9.99. The molecule has 4 N–H and O–H groups in total. The second-order valence-corrected chi connectivity index (χ2v) is 11.6. The summed E-state index contributed by atoms with van der Waals surface area (Å²) in [4.78, 5) is 72.0. The fourth-order valence-corrected chi connectivity index (χ4v) is 5.27. The van der Waals surface area contributed by atoms with Crippen molar-refractivity contribution in [2.24, 2.45) is 0 Å². The van der Waals surface area contributed by atoms with Crippen LogP contribution in [-0.4, -0.2) is 56.2 Å². The third-order valence-corrected chi connectivity index (χ3v) is 8.16. The molecule has 0 fully saturated rings. The Hall–Kier alpha value is -7.08. The monoisotopic (exact) mass is 702 g/mol. The van der Waals surface area contributed by atoms with Crippen molar-refractivity contribution in [1.82, 2.24) is 0 Å². The Kier molecular flexibility index (Phi) is 11.2. The molecule has 0 aliphatic rings. The topological polar surface area (TPSA) is 202 Å². The van der Waals surface area contributed by atoms with Gasteiger partial charge in [-0.05, 0) is 95.1 Å². The fraction of sp³-hybridized carbons (Fsp3) is 0.100. The van der Waals surface area contributed by atoms with Crippen molar-refractivity contribution < 1.29 is 58.7 Å². The number of carboxylic acid groups (broad SMARTS) is 4. The fourth-order valence-electron chi connectivity index (χ4n) is 5.27. The van der Waals surface area contributed by atoms with E-state index in [-0.39, 0.29) is 46.2 Å². The molecule has 0 saturated carbocycles. The molecule has 2 unspecified atom stereocenters. The normalized spacial score (nSPS) is 11.8. The van der Waals surface area contributed by atoms with Crippen LogP contribution in [0.3, 0.4) is 0 Å².